The zero-order chi connectivity index (χ0) is 32.4. The molecule has 0 spiro atoms. The van der Waals surface area contributed by atoms with Gasteiger partial charge < -0.3 is 15.7 Å². The van der Waals surface area contributed by atoms with E-state index in [0.29, 0.717) is 40.7 Å². The second-order valence-electron chi connectivity index (χ2n) is 11.0. The Morgan fingerprint density at radius 3 is 2.59 bits per heavy atom. The monoisotopic (exact) mass is 592 g/mol. The number of thiazole rings is 1. The number of carbonyl (C=O) groups is 1. The van der Waals surface area contributed by atoms with Crippen LogP contribution >= 0.6 is 11.3 Å². The van der Waals surface area contributed by atoms with Crippen LogP contribution in [0.2, 0.25) is 0 Å². The van der Waals surface area contributed by atoms with Crippen LogP contribution in [0.1, 0.15) is 67.7 Å². The van der Waals surface area contributed by atoms with Crippen molar-refractivity contribution in [2.75, 3.05) is 5.32 Å². The maximum absolute atomic E-state index is 13.6. The fraction of sp³-hybridized carbons (Fsp3) is 0.444. The minimum atomic E-state index is -4.63. The highest BCUT2D eigenvalue weighted by Gasteiger charge is 2.38. The number of imidazole rings is 1. The number of aliphatic hydroxyl groups is 1. The number of aromatic nitrogens is 5. The smallest absolute Gasteiger partial charge is 0.386 e. The molecule has 10 nitrogen and oxygen atoms in total. The highest BCUT2D eigenvalue weighted by molar-refractivity contribution is 7.15. The third-order valence-electron chi connectivity index (χ3n) is 7.11. The number of nitrogens with zero attached hydrogens (tertiary/aromatic N) is 5. The second kappa shape index (κ2) is 9.94. The maximum atomic E-state index is 13.6. The van der Waals surface area contributed by atoms with E-state index in [0.717, 1.165) is 6.20 Å². The van der Waals surface area contributed by atoms with Crippen LogP contribution in [-0.2, 0) is 23.5 Å². The quantitative estimate of drug-likeness (QED) is 0.292. The Balaban J connectivity index is 1.59. The lowest BCUT2D eigenvalue weighted by Gasteiger charge is -2.25. The van der Waals surface area contributed by atoms with Gasteiger partial charge in [-0.05, 0) is 57.7 Å². The fourth-order valence-electron chi connectivity index (χ4n) is 5.23. The SMILES string of the molecule is [2H]C([2H])([2H])n1c(=O)n([C@@H]2CC[C@](C)(NC(C)=O)C2)c2cc(Nc3cc(C(C)(C)O)cc(-c4cnc(C(F)(F)F)s4)n3)ncc21. The van der Waals surface area contributed by atoms with E-state index < -0.39 is 41.0 Å². The highest BCUT2D eigenvalue weighted by atomic mass is 32.1. The summed E-state index contributed by atoms with van der Waals surface area (Å²) in [5, 5.41) is 15.6. The molecule has 3 N–H and O–H groups in total. The summed E-state index contributed by atoms with van der Waals surface area (Å²) < 4.78 is 65.7. The van der Waals surface area contributed by atoms with Crippen molar-refractivity contribution < 1.29 is 27.2 Å². The molecule has 4 aromatic rings. The van der Waals surface area contributed by atoms with Crippen molar-refractivity contribution in [3.05, 3.63) is 51.6 Å². The predicted molar refractivity (Wildman–Crippen MR) is 149 cm³/mol. The minimum Gasteiger partial charge on any atom is -0.386 e. The number of nitrogens with one attached hydrogen (secondary N) is 2. The van der Waals surface area contributed by atoms with Gasteiger partial charge in [-0.3, -0.25) is 13.9 Å². The highest BCUT2D eigenvalue weighted by Crippen LogP contribution is 2.39. The second-order valence-corrected chi connectivity index (χ2v) is 12.1. The average molecular weight is 593 g/mol. The number of anilines is 2. The molecule has 0 bridgehead atoms. The Hall–Kier alpha value is -3.78. The molecule has 1 aliphatic rings. The van der Waals surface area contributed by atoms with Gasteiger partial charge in [-0.25, -0.2) is 19.7 Å². The van der Waals surface area contributed by atoms with Gasteiger partial charge in [0, 0.05) is 41.9 Å². The van der Waals surface area contributed by atoms with Crippen molar-refractivity contribution in [2.24, 2.45) is 6.98 Å². The molecular weight excluding hydrogens is 559 g/mol. The number of hydrogen-bond acceptors (Lipinski definition) is 8. The molecule has 0 radical (unpaired) electrons. The molecule has 1 aliphatic carbocycles. The van der Waals surface area contributed by atoms with E-state index in [1.54, 1.807) is 0 Å². The zero-order valence-electron chi connectivity index (χ0n) is 25.6. The van der Waals surface area contributed by atoms with Gasteiger partial charge in [-0.15, -0.1) is 11.3 Å². The van der Waals surface area contributed by atoms with Crippen molar-refractivity contribution in [1.82, 2.24) is 29.4 Å². The molecule has 41 heavy (non-hydrogen) atoms. The van der Waals surface area contributed by atoms with Crippen LogP contribution in [0.25, 0.3) is 21.6 Å². The Kier molecular flexibility index (Phi) is 6.06. The zero-order valence-corrected chi connectivity index (χ0v) is 23.4. The topological polar surface area (TPSA) is 127 Å². The van der Waals surface area contributed by atoms with E-state index in [1.807, 2.05) is 6.92 Å². The molecule has 0 aliphatic heterocycles. The standard InChI is InChI=1S/C27H30F3N7O3S/c1-14(38)35-26(4)7-6-16(11-26)37-18-10-21(31-12-19(18)36(5)24(37)39)34-22-9-15(25(2,3)40)8-17(33-22)20-13-32-23(41-20)27(28,29)30/h8-10,12-13,16,40H,6-7,11H2,1-5H3,(H,35,38)(H,31,33,34)/t16-,26+/m1/s1/i5D3. The molecule has 4 aromatic heterocycles. The molecule has 1 amide bonds. The molecular formula is C27H30F3N7O3S. The molecule has 1 saturated carbocycles. The maximum Gasteiger partial charge on any atom is 0.443 e. The van der Waals surface area contributed by atoms with Gasteiger partial charge in [0.2, 0.25) is 5.91 Å². The van der Waals surface area contributed by atoms with Gasteiger partial charge in [0.1, 0.15) is 11.6 Å². The number of halogens is 3. The van der Waals surface area contributed by atoms with Crippen molar-refractivity contribution in [3.8, 4) is 10.6 Å². The Morgan fingerprint density at radius 2 is 1.95 bits per heavy atom. The lowest BCUT2D eigenvalue weighted by Crippen LogP contribution is -2.43. The van der Waals surface area contributed by atoms with Crippen LogP contribution in [0.3, 0.4) is 0 Å². The molecule has 0 aromatic carbocycles. The van der Waals surface area contributed by atoms with Crippen LogP contribution in [0.15, 0.2) is 35.4 Å². The number of carbonyl (C=O) groups excluding carboxylic acids is 1. The van der Waals surface area contributed by atoms with E-state index in [9.17, 15) is 27.9 Å². The lowest BCUT2D eigenvalue weighted by molar-refractivity contribution is -0.137. The summed E-state index contributed by atoms with van der Waals surface area (Å²) >= 11 is 0.411. The minimum absolute atomic E-state index is 0.0805. The Morgan fingerprint density at radius 1 is 1.20 bits per heavy atom. The fourth-order valence-corrected chi connectivity index (χ4v) is 5.98. The van der Waals surface area contributed by atoms with Gasteiger partial charge >= 0.3 is 11.9 Å². The molecule has 2 atom stereocenters. The molecule has 5 rings (SSSR count). The third-order valence-corrected chi connectivity index (χ3v) is 8.17. The number of rotatable bonds is 6. The number of aryl methyl sites for hydroxylation is 1. The van der Waals surface area contributed by atoms with E-state index in [4.69, 9.17) is 4.11 Å². The van der Waals surface area contributed by atoms with Gasteiger partial charge in [0.05, 0.1) is 33.4 Å². The van der Waals surface area contributed by atoms with Gasteiger partial charge in [-0.1, -0.05) is 0 Å². The van der Waals surface area contributed by atoms with Crippen LogP contribution in [0.5, 0.6) is 0 Å². The Bertz CT molecular complexity index is 1810. The summed E-state index contributed by atoms with van der Waals surface area (Å²) in [6.45, 7) is 3.52. The van der Waals surface area contributed by atoms with E-state index in [1.165, 1.54) is 49.7 Å². The first-order chi connectivity index (χ1) is 20.2. The van der Waals surface area contributed by atoms with Crippen LogP contribution in [0, 0.1) is 0 Å². The summed E-state index contributed by atoms with van der Waals surface area (Å²) in [6.07, 6.45) is -0.838. The summed E-state index contributed by atoms with van der Waals surface area (Å²) in [4.78, 5) is 37.7. The molecule has 0 unspecified atom stereocenters. The van der Waals surface area contributed by atoms with Crippen molar-refractivity contribution >= 4 is 39.9 Å². The first kappa shape index (κ1) is 25.0. The first-order valence-electron chi connectivity index (χ1n) is 14.2. The van der Waals surface area contributed by atoms with Crippen LogP contribution in [0.4, 0.5) is 24.8 Å². The molecule has 0 saturated heterocycles. The Labute approximate surface area is 241 Å². The largest absolute Gasteiger partial charge is 0.443 e. The molecule has 14 heteroatoms. The summed E-state index contributed by atoms with van der Waals surface area (Å²) in [5.41, 5.74) is -1.86. The normalized spacial score (nSPS) is 21.0. The van der Waals surface area contributed by atoms with Crippen molar-refractivity contribution in [2.45, 2.75) is 70.3 Å². The number of alkyl halides is 3. The lowest BCUT2D eigenvalue weighted by atomic mass is 9.98. The van der Waals surface area contributed by atoms with E-state index in [2.05, 4.69) is 25.6 Å². The number of pyridine rings is 2. The van der Waals surface area contributed by atoms with Crippen LogP contribution < -0.4 is 16.3 Å². The number of amides is 1. The summed E-state index contributed by atoms with van der Waals surface area (Å²) in [6, 6.07) is 4.06. The predicted octanol–water partition coefficient (Wildman–Crippen LogP) is 4.86. The van der Waals surface area contributed by atoms with Crippen LogP contribution in [-0.4, -0.2) is 40.6 Å². The average Bonchev–Trinajstić information content (AvgIpc) is 3.58. The third kappa shape index (κ3) is 5.71. The summed E-state index contributed by atoms with van der Waals surface area (Å²) in [5.74, 6) is 0.0918. The first-order valence-corrected chi connectivity index (χ1v) is 13.5. The van der Waals surface area contributed by atoms with E-state index in [-0.39, 0.29) is 39.1 Å². The number of fused-ring (bicyclic) bond motifs is 1. The van der Waals surface area contributed by atoms with Crippen molar-refractivity contribution in [1.29, 1.82) is 0 Å². The van der Waals surface area contributed by atoms with Crippen molar-refractivity contribution in [3.63, 3.8) is 0 Å². The van der Waals surface area contributed by atoms with Gasteiger partial charge in [0.25, 0.3) is 0 Å². The molecule has 1 fully saturated rings. The molecule has 218 valence electrons. The van der Waals surface area contributed by atoms with E-state index >= 15 is 0 Å². The van der Waals surface area contributed by atoms with Gasteiger partial charge in [0.15, 0.2) is 5.01 Å². The number of hydrogen-bond donors (Lipinski definition) is 3. The van der Waals surface area contributed by atoms with Gasteiger partial charge in [-0.2, -0.15) is 13.2 Å². The molecule has 4 heterocycles. The summed E-state index contributed by atoms with van der Waals surface area (Å²) in [7, 11) is 0.